The van der Waals surface area contributed by atoms with Gasteiger partial charge in [-0.05, 0) is 60.3 Å². The second-order valence-corrected chi connectivity index (χ2v) is 7.71. The van der Waals surface area contributed by atoms with Gasteiger partial charge in [-0.3, -0.25) is 4.79 Å². The molecule has 1 fully saturated rings. The number of carbonyl (C=O) groups is 2. The van der Waals surface area contributed by atoms with E-state index in [-0.39, 0.29) is 5.91 Å². The zero-order chi connectivity index (χ0) is 19.4. The number of ether oxygens (including phenoxy) is 1. The first-order valence-corrected chi connectivity index (χ1v) is 9.59. The lowest BCUT2D eigenvalue weighted by molar-refractivity contribution is -0.139. The predicted octanol–water partition coefficient (Wildman–Crippen LogP) is 4.46. The van der Waals surface area contributed by atoms with Crippen molar-refractivity contribution in [2.24, 2.45) is 4.99 Å². The van der Waals surface area contributed by atoms with Gasteiger partial charge in [0.05, 0.1) is 10.6 Å². The lowest BCUT2D eigenvalue weighted by Gasteiger charge is -2.08. The van der Waals surface area contributed by atoms with E-state index >= 15 is 0 Å². The molecule has 1 saturated heterocycles. The van der Waals surface area contributed by atoms with E-state index in [1.165, 1.54) is 11.8 Å². The van der Waals surface area contributed by atoms with Crippen LogP contribution in [0, 0.1) is 0 Å². The highest BCUT2D eigenvalue weighted by atomic mass is 79.9. The molecule has 3 rings (SSSR count). The predicted molar refractivity (Wildman–Crippen MR) is 110 cm³/mol. The number of hydrogen-bond acceptors (Lipinski definition) is 5. The van der Waals surface area contributed by atoms with Gasteiger partial charge in [-0.25, -0.2) is 9.79 Å². The highest BCUT2D eigenvalue weighted by Crippen LogP contribution is 2.32. The lowest BCUT2D eigenvalue weighted by atomic mass is 10.2. The largest absolute Gasteiger partial charge is 0.481 e. The van der Waals surface area contributed by atoms with Gasteiger partial charge in [-0.15, -0.1) is 0 Å². The summed E-state index contributed by atoms with van der Waals surface area (Å²) in [6.45, 7) is -0.472. The fraction of sp³-hybridized carbons (Fsp3) is 0.0556. The molecule has 1 heterocycles. The normalized spacial score (nSPS) is 16.6. The number of carboxylic acids is 1. The molecule has 138 valence electrons. The van der Waals surface area contributed by atoms with Gasteiger partial charge in [0.15, 0.2) is 11.8 Å². The molecule has 0 unspecified atom stereocenters. The number of halogens is 2. The van der Waals surface area contributed by atoms with E-state index < -0.39 is 12.6 Å². The first-order chi connectivity index (χ1) is 12.9. The van der Waals surface area contributed by atoms with Crippen molar-refractivity contribution < 1.29 is 19.4 Å². The Hall–Kier alpha value is -2.29. The smallest absolute Gasteiger partial charge is 0.341 e. The minimum atomic E-state index is -1.08. The Balaban J connectivity index is 1.85. The fourth-order valence-corrected chi connectivity index (χ4v) is 3.50. The van der Waals surface area contributed by atoms with E-state index in [1.54, 1.807) is 48.5 Å². The molecule has 27 heavy (non-hydrogen) atoms. The summed E-state index contributed by atoms with van der Waals surface area (Å²) in [7, 11) is 0. The first kappa shape index (κ1) is 19.5. The molecular formula is C18H12BrClN2O4S. The molecule has 0 saturated carbocycles. The topological polar surface area (TPSA) is 88.0 Å². The number of hydrogen-bond donors (Lipinski definition) is 2. The minimum absolute atomic E-state index is 0.295. The average Bonchev–Trinajstić information content (AvgIpc) is 2.95. The third-order valence-corrected chi connectivity index (χ3v) is 4.97. The Kier molecular flexibility index (Phi) is 6.20. The number of nitrogens with zero attached hydrogens (tertiary/aromatic N) is 1. The number of carboxylic acid groups (broad SMARTS) is 1. The van der Waals surface area contributed by atoms with Crippen LogP contribution in [0.25, 0.3) is 6.08 Å². The number of aliphatic imine (C=N–C) groups is 1. The Morgan fingerprint density at radius 2 is 2.04 bits per heavy atom. The summed E-state index contributed by atoms with van der Waals surface area (Å²) in [5, 5.41) is 12.5. The SMILES string of the molecule is O=C(O)COc1ccc(Br)cc1/C=C1\SC(=Nc2ccc(Cl)cc2)NC1=O. The van der Waals surface area contributed by atoms with Crippen molar-refractivity contribution in [3.05, 3.63) is 62.4 Å². The molecule has 1 aliphatic heterocycles. The van der Waals surface area contributed by atoms with Gasteiger partial charge in [-0.2, -0.15) is 0 Å². The number of thioether (sulfide) groups is 1. The van der Waals surface area contributed by atoms with Crippen LogP contribution in [0.1, 0.15) is 5.56 Å². The molecule has 2 aromatic rings. The van der Waals surface area contributed by atoms with Crippen LogP contribution in [0.5, 0.6) is 5.75 Å². The van der Waals surface area contributed by atoms with E-state index in [1.807, 2.05) is 0 Å². The molecule has 6 nitrogen and oxygen atoms in total. The van der Waals surface area contributed by atoms with Gasteiger partial charge >= 0.3 is 5.97 Å². The monoisotopic (exact) mass is 466 g/mol. The lowest BCUT2D eigenvalue weighted by Crippen LogP contribution is -2.19. The van der Waals surface area contributed by atoms with E-state index in [0.717, 1.165) is 4.47 Å². The molecule has 1 amide bonds. The average molecular weight is 468 g/mol. The van der Waals surface area contributed by atoms with Crippen molar-refractivity contribution >= 4 is 68.1 Å². The van der Waals surface area contributed by atoms with Crippen molar-refractivity contribution in [3.8, 4) is 5.75 Å². The first-order valence-electron chi connectivity index (χ1n) is 7.60. The second kappa shape index (κ2) is 8.60. The van der Waals surface area contributed by atoms with Crippen LogP contribution in [0.15, 0.2) is 56.8 Å². The third kappa shape index (κ3) is 5.35. The molecule has 0 aromatic heterocycles. The molecule has 0 spiro atoms. The van der Waals surface area contributed by atoms with Gasteiger partial charge < -0.3 is 15.2 Å². The zero-order valence-electron chi connectivity index (χ0n) is 13.6. The Morgan fingerprint density at radius 1 is 1.30 bits per heavy atom. The summed E-state index contributed by atoms with van der Waals surface area (Å²) in [5.41, 5.74) is 1.24. The minimum Gasteiger partial charge on any atom is -0.481 e. The summed E-state index contributed by atoms with van der Waals surface area (Å²) in [6, 6.07) is 12.0. The molecule has 0 atom stereocenters. The van der Waals surface area contributed by atoms with Gasteiger partial charge in [-0.1, -0.05) is 27.5 Å². The molecule has 0 bridgehead atoms. The summed E-state index contributed by atoms with van der Waals surface area (Å²) in [4.78, 5) is 27.8. The maximum atomic E-state index is 12.2. The van der Waals surface area contributed by atoms with Crippen molar-refractivity contribution in [2.75, 3.05) is 6.61 Å². The Bertz CT molecular complexity index is 960. The number of benzene rings is 2. The van der Waals surface area contributed by atoms with Crippen LogP contribution < -0.4 is 10.1 Å². The number of carbonyl (C=O) groups excluding carboxylic acids is 1. The standard InChI is InChI=1S/C18H12BrClN2O4S/c19-11-1-6-14(26-9-16(23)24)10(7-11)8-15-17(25)22-18(27-15)21-13-4-2-12(20)3-5-13/h1-8H,9H2,(H,23,24)(H,21,22,25)/b15-8-. The van der Waals surface area contributed by atoms with E-state index in [4.69, 9.17) is 21.4 Å². The fourth-order valence-electron chi connectivity index (χ4n) is 2.16. The van der Waals surface area contributed by atoms with Gasteiger partial charge in [0.1, 0.15) is 5.75 Å². The quantitative estimate of drug-likeness (QED) is 0.634. The summed E-state index contributed by atoms with van der Waals surface area (Å²) in [6.07, 6.45) is 1.63. The van der Waals surface area contributed by atoms with Crippen LogP contribution in [-0.4, -0.2) is 28.8 Å². The van der Waals surface area contributed by atoms with Crippen LogP contribution in [0.3, 0.4) is 0 Å². The number of amidine groups is 1. The second-order valence-electron chi connectivity index (χ2n) is 5.32. The Morgan fingerprint density at radius 3 is 2.74 bits per heavy atom. The highest BCUT2D eigenvalue weighted by Gasteiger charge is 2.24. The molecule has 2 N–H and O–H groups in total. The molecule has 0 aliphatic carbocycles. The molecule has 0 radical (unpaired) electrons. The van der Waals surface area contributed by atoms with E-state index in [2.05, 4.69) is 26.2 Å². The molecule has 1 aliphatic rings. The van der Waals surface area contributed by atoms with Gasteiger partial charge in [0, 0.05) is 15.1 Å². The van der Waals surface area contributed by atoms with Crippen molar-refractivity contribution in [1.82, 2.24) is 5.32 Å². The number of aliphatic carboxylic acids is 1. The van der Waals surface area contributed by atoms with Crippen LogP contribution >= 0.6 is 39.3 Å². The van der Waals surface area contributed by atoms with Crippen molar-refractivity contribution in [2.45, 2.75) is 0 Å². The van der Waals surface area contributed by atoms with Gasteiger partial charge in [0.2, 0.25) is 0 Å². The van der Waals surface area contributed by atoms with Crippen molar-refractivity contribution in [1.29, 1.82) is 0 Å². The van der Waals surface area contributed by atoms with Crippen molar-refractivity contribution in [3.63, 3.8) is 0 Å². The highest BCUT2D eigenvalue weighted by molar-refractivity contribution is 9.10. The summed E-state index contributed by atoms with van der Waals surface area (Å²) >= 11 is 10.4. The van der Waals surface area contributed by atoms with Crippen LogP contribution in [0.4, 0.5) is 5.69 Å². The van der Waals surface area contributed by atoms with Crippen LogP contribution in [0.2, 0.25) is 5.02 Å². The van der Waals surface area contributed by atoms with Crippen LogP contribution in [-0.2, 0) is 9.59 Å². The number of rotatable bonds is 5. The molecule has 9 heteroatoms. The third-order valence-electron chi connectivity index (χ3n) is 3.32. The zero-order valence-corrected chi connectivity index (χ0v) is 16.8. The Labute approximate surface area is 172 Å². The van der Waals surface area contributed by atoms with E-state index in [9.17, 15) is 9.59 Å². The maximum absolute atomic E-state index is 12.2. The molecular weight excluding hydrogens is 456 g/mol. The number of nitrogens with one attached hydrogen (secondary N) is 1. The maximum Gasteiger partial charge on any atom is 0.341 e. The number of amides is 1. The summed E-state index contributed by atoms with van der Waals surface area (Å²) in [5.74, 6) is -1.01. The van der Waals surface area contributed by atoms with Gasteiger partial charge in [0.25, 0.3) is 5.91 Å². The summed E-state index contributed by atoms with van der Waals surface area (Å²) < 4.78 is 6.06. The molecule has 2 aromatic carbocycles. The van der Waals surface area contributed by atoms with E-state index in [0.29, 0.717) is 32.1 Å².